The lowest BCUT2D eigenvalue weighted by molar-refractivity contribution is 0.660. The molecule has 3 heterocycles. The predicted octanol–water partition coefficient (Wildman–Crippen LogP) is 6.01. The standard InChI is InChI=1S/C28H24N4/c1-3-4-5-6-10-25-15-12-23(20-30-25)9-7-8-11-26-16-13-24(21-31-26)14-17-27-18-19-28(29-2)22-32-27/h8,11-13,15-16,18-22H,3-6,10H2,1H3/b11-8+. The normalized spacial score (nSPS) is 10.0. The number of unbranched alkanes of at least 4 members (excludes halogenated alkanes) is 3. The molecule has 0 spiro atoms. The van der Waals surface area contributed by atoms with Crippen molar-refractivity contribution in [3.8, 4) is 23.7 Å². The Hall–Kier alpha value is -4.20. The Morgan fingerprint density at radius 1 is 0.844 bits per heavy atom. The van der Waals surface area contributed by atoms with Gasteiger partial charge in [0.1, 0.15) is 5.69 Å². The van der Waals surface area contributed by atoms with E-state index in [1.807, 2.05) is 30.5 Å². The summed E-state index contributed by atoms with van der Waals surface area (Å²) < 4.78 is 0. The van der Waals surface area contributed by atoms with Crippen LogP contribution in [-0.2, 0) is 6.42 Å². The van der Waals surface area contributed by atoms with Gasteiger partial charge < -0.3 is 0 Å². The van der Waals surface area contributed by atoms with Crippen molar-refractivity contribution in [2.24, 2.45) is 0 Å². The number of pyridine rings is 3. The average molecular weight is 417 g/mol. The molecule has 0 radical (unpaired) electrons. The van der Waals surface area contributed by atoms with E-state index in [-0.39, 0.29) is 0 Å². The Morgan fingerprint density at radius 2 is 1.69 bits per heavy atom. The van der Waals surface area contributed by atoms with Gasteiger partial charge in [-0.3, -0.25) is 15.0 Å². The number of allylic oxidation sites excluding steroid dienone is 1. The van der Waals surface area contributed by atoms with Gasteiger partial charge in [-0.1, -0.05) is 50.0 Å². The monoisotopic (exact) mass is 416 g/mol. The van der Waals surface area contributed by atoms with Crippen molar-refractivity contribution in [1.29, 1.82) is 0 Å². The first-order valence-corrected chi connectivity index (χ1v) is 10.7. The summed E-state index contributed by atoms with van der Waals surface area (Å²) >= 11 is 0. The van der Waals surface area contributed by atoms with Crippen molar-refractivity contribution in [3.63, 3.8) is 0 Å². The Labute approximate surface area is 190 Å². The van der Waals surface area contributed by atoms with Crippen molar-refractivity contribution in [1.82, 2.24) is 15.0 Å². The van der Waals surface area contributed by atoms with E-state index in [1.54, 1.807) is 24.4 Å². The molecule has 0 unspecified atom stereocenters. The number of hydrogen-bond acceptors (Lipinski definition) is 3. The van der Waals surface area contributed by atoms with Gasteiger partial charge in [-0.05, 0) is 61.2 Å². The van der Waals surface area contributed by atoms with E-state index >= 15 is 0 Å². The van der Waals surface area contributed by atoms with Crippen LogP contribution in [0.4, 0.5) is 5.69 Å². The zero-order valence-electron chi connectivity index (χ0n) is 18.2. The van der Waals surface area contributed by atoms with Crippen molar-refractivity contribution >= 4 is 11.8 Å². The molecule has 0 N–H and O–H groups in total. The third-order valence-electron chi connectivity index (χ3n) is 4.66. The molecule has 0 amide bonds. The van der Waals surface area contributed by atoms with Crippen LogP contribution in [0.5, 0.6) is 0 Å². The van der Waals surface area contributed by atoms with Gasteiger partial charge in [0.05, 0.1) is 12.3 Å². The minimum absolute atomic E-state index is 0.502. The second-order valence-electron chi connectivity index (χ2n) is 7.19. The molecule has 3 aromatic heterocycles. The fraction of sp³-hybridized carbons (Fsp3) is 0.214. The van der Waals surface area contributed by atoms with Gasteiger partial charge in [0.2, 0.25) is 5.69 Å². The maximum atomic E-state index is 6.94. The fourth-order valence-corrected chi connectivity index (χ4v) is 2.87. The van der Waals surface area contributed by atoms with Crippen molar-refractivity contribution in [2.45, 2.75) is 39.0 Å². The number of rotatable bonds is 6. The summed E-state index contributed by atoms with van der Waals surface area (Å²) in [5.74, 6) is 12.1. The molecule has 4 nitrogen and oxygen atoms in total. The molecule has 4 heteroatoms. The Balaban J connectivity index is 1.52. The first-order chi connectivity index (χ1) is 15.8. The second kappa shape index (κ2) is 12.5. The summed E-state index contributed by atoms with van der Waals surface area (Å²) in [6.07, 6.45) is 14.8. The minimum atomic E-state index is 0.502. The van der Waals surface area contributed by atoms with E-state index in [2.05, 4.69) is 56.5 Å². The van der Waals surface area contributed by atoms with E-state index in [4.69, 9.17) is 6.57 Å². The van der Waals surface area contributed by atoms with Crippen LogP contribution in [0.25, 0.3) is 10.9 Å². The van der Waals surface area contributed by atoms with Gasteiger partial charge in [-0.15, -0.1) is 0 Å². The van der Waals surface area contributed by atoms with Gasteiger partial charge in [0, 0.05) is 35.4 Å². The SMILES string of the molecule is [C-]#[N+]c1ccc(C#Cc2ccc(/C=C/C#Cc3ccc(CCCCCC)nc3)nc2)nc1. The minimum Gasteiger partial charge on any atom is -0.260 e. The molecule has 0 fully saturated rings. The van der Waals surface area contributed by atoms with Gasteiger partial charge in [0.15, 0.2) is 0 Å². The van der Waals surface area contributed by atoms with Crippen molar-refractivity contribution in [3.05, 3.63) is 101 Å². The number of aromatic nitrogens is 3. The average Bonchev–Trinajstić information content (AvgIpc) is 2.85. The maximum absolute atomic E-state index is 6.94. The maximum Gasteiger partial charge on any atom is 0.205 e. The van der Waals surface area contributed by atoms with Crippen LogP contribution < -0.4 is 0 Å². The van der Waals surface area contributed by atoms with E-state index < -0.39 is 0 Å². The van der Waals surface area contributed by atoms with Gasteiger partial charge in [-0.2, -0.15) is 0 Å². The molecule has 156 valence electrons. The zero-order chi connectivity index (χ0) is 22.4. The third kappa shape index (κ3) is 7.56. The van der Waals surface area contributed by atoms with Crippen LogP contribution in [0, 0.1) is 30.3 Å². The lowest BCUT2D eigenvalue weighted by Crippen LogP contribution is -1.90. The highest BCUT2D eigenvalue weighted by molar-refractivity contribution is 5.52. The Kier molecular flexibility index (Phi) is 8.77. The molecule has 3 aromatic rings. The molecule has 0 atom stereocenters. The molecule has 0 aliphatic heterocycles. The van der Waals surface area contributed by atoms with E-state index in [1.165, 1.54) is 31.9 Å². The number of nitrogens with zero attached hydrogens (tertiary/aromatic N) is 4. The summed E-state index contributed by atoms with van der Waals surface area (Å²) in [4.78, 5) is 16.3. The van der Waals surface area contributed by atoms with Gasteiger partial charge >= 0.3 is 0 Å². The summed E-state index contributed by atoms with van der Waals surface area (Å²) in [6, 6.07) is 11.3. The molecule has 0 bridgehead atoms. The first-order valence-electron chi connectivity index (χ1n) is 10.7. The zero-order valence-corrected chi connectivity index (χ0v) is 18.2. The molecular formula is C28H24N4. The summed E-state index contributed by atoms with van der Waals surface area (Å²) in [6.45, 7) is 9.16. The van der Waals surface area contributed by atoms with Crippen LogP contribution in [0.3, 0.4) is 0 Å². The Morgan fingerprint density at radius 3 is 2.38 bits per heavy atom. The lowest BCUT2D eigenvalue weighted by atomic mass is 10.1. The first kappa shape index (κ1) is 22.5. The molecule has 0 saturated heterocycles. The largest absolute Gasteiger partial charge is 0.260 e. The van der Waals surface area contributed by atoms with E-state index in [0.29, 0.717) is 11.4 Å². The molecule has 3 rings (SSSR count). The highest BCUT2D eigenvalue weighted by Gasteiger charge is 1.95. The molecule has 32 heavy (non-hydrogen) atoms. The predicted molar refractivity (Wildman–Crippen MR) is 129 cm³/mol. The molecule has 0 aliphatic rings. The van der Waals surface area contributed by atoms with Crippen molar-refractivity contribution < 1.29 is 0 Å². The molecule has 0 saturated carbocycles. The van der Waals surface area contributed by atoms with Gasteiger partial charge in [0.25, 0.3) is 0 Å². The van der Waals surface area contributed by atoms with Gasteiger partial charge in [-0.25, -0.2) is 4.85 Å². The van der Waals surface area contributed by atoms with Crippen LogP contribution in [-0.4, -0.2) is 15.0 Å². The molecule has 0 aromatic carbocycles. The third-order valence-corrected chi connectivity index (χ3v) is 4.66. The van der Waals surface area contributed by atoms with Crippen LogP contribution >= 0.6 is 0 Å². The second-order valence-corrected chi connectivity index (χ2v) is 7.19. The van der Waals surface area contributed by atoms with E-state index in [0.717, 1.165) is 28.9 Å². The Bertz CT molecular complexity index is 1190. The van der Waals surface area contributed by atoms with Crippen LogP contribution in [0.1, 0.15) is 60.8 Å². The van der Waals surface area contributed by atoms with E-state index in [9.17, 15) is 0 Å². The van der Waals surface area contributed by atoms with Crippen molar-refractivity contribution in [2.75, 3.05) is 0 Å². The number of aryl methyl sites for hydroxylation is 1. The van der Waals surface area contributed by atoms with Crippen LogP contribution in [0.2, 0.25) is 0 Å². The fourth-order valence-electron chi connectivity index (χ4n) is 2.87. The highest BCUT2D eigenvalue weighted by atomic mass is 14.7. The topological polar surface area (TPSA) is 43.0 Å². The van der Waals surface area contributed by atoms with Crippen LogP contribution in [0.15, 0.2) is 61.1 Å². The molecular weight excluding hydrogens is 392 g/mol. The summed E-state index contributed by atoms with van der Waals surface area (Å²) in [5, 5.41) is 0. The smallest absolute Gasteiger partial charge is 0.205 e. The lowest BCUT2D eigenvalue weighted by Gasteiger charge is -2.00. The number of hydrogen-bond donors (Lipinski definition) is 0. The quantitative estimate of drug-likeness (QED) is 0.281. The summed E-state index contributed by atoms with van der Waals surface area (Å²) in [5.41, 5.74) is 4.77. The molecule has 0 aliphatic carbocycles. The summed E-state index contributed by atoms with van der Waals surface area (Å²) in [7, 11) is 0. The highest BCUT2D eigenvalue weighted by Crippen LogP contribution is 2.09.